The first kappa shape index (κ1) is 14.0. The summed E-state index contributed by atoms with van der Waals surface area (Å²) in [4.78, 5) is 23.3. The summed E-state index contributed by atoms with van der Waals surface area (Å²) < 4.78 is 6.34. The summed E-state index contributed by atoms with van der Waals surface area (Å²) in [6, 6.07) is 7.02. The fraction of sp³-hybridized carbons (Fsp3) is 0.333. The Labute approximate surface area is 125 Å². The predicted molar refractivity (Wildman–Crippen MR) is 81.0 cm³/mol. The van der Waals surface area contributed by atoms with E-state index in [1.165, 1.54) is 11.3 Å². The summed E-state index contributed by atoms with van der Waals surface area (Å²) in [7, 11) is 0. The quantitative estimate of drug-likeness (QED) is 0.913. The molecule has 1 aliphatic rings. The summed E-state index contributed by atoms with van der Waals surface area (Å²) in [5, 5.41) is 12.6. The molecule has 1 aliphatic heterocycles. The van der Waals surface area contributed by atoms with Crippen LogP contribution in [-0.2, 0) is 9.53 Å². The summed E-state index contributed by atoms with van der Waals surface area (Å²) in [5.41, 5.74) is 0.663. The Balaban J connectivity index is 1.77. The zero-order valence-electron chi connectivity index (χ0n) is 11.3. The Kier molecular flexibility index (Phi) is 3.90. The number of fused-ring (bicyclic) bond motifs is 1. The third kappa shape index (κ3) is 3.06. The van der Waals surface area contributed by atoms with Crippen LogP contribution in [0.15, 0.2) is 24.3 Å². The lowest BCUT2D eigenvalue weighted by atomic mass is 10.1. The Morgan fingerprint density at radius 3 is 2.86 bits per heavy atom. The van der Waals surface area contributed by atoms with E-state index in [1.54, 1.807) is 18.2 Å². The topological polar surface area (TPSA) is 75.6 Å². The van der Waals surface area contributed by atoms with Gasteiger partial charge in [0, 0.05) is 17.0 Å². The summed E-state index contributed by atoms with van der Waals surface area (Å²) in [6.45, 7) is 0.629. The molecular weight excluding hydrogens is 290 g/mol. The summed E-state index contributed by atoms with van der Waals surface area (Å²) in [5.74, 6) is -1.07. The molecule has 6 heteroatoms. The maximum absolute atomic E-state index is 12.1. The van der Waals surface area contributed by atoms with Crippen LogP contribution < -0.4 is 5.32 Å². The average Bonchev–Trinajstić information content (AvgIpc) is 2.91. The summed E-state index contributed by atoms with van der Waals surface area (Å²) in [6.07, 6.45) is 2.37. The van der Waals surface area contributed by atoms with Crippen LogP contribution in [0.5, 0.6) is 0 Å². The fourth-order valence-corrected chi connectivity index (χ4v) is 3.28. The Morgan fingerprint density at radius 2 is 2.14 bits per heavy atom. The molecule has 0 bridgehead atoms. The van der Waals surface area contributed by atoms with Crippen molar-refractivity contribution < 1.29 is 19.4 Å². The maximum atomic E-state index is 12.1. The van der Waals surface area contributed by atoms with E-state index in [2.05, 4.69) is 5.32 Å². The molecule has 0 aliphatic carbocycles. The number of rotatable bonds is 3. The van der Waals surface area contributed by atoms with E-state index in [1.807, 2.05) is 6.07 Å². The van der Waals surface area contributed by atoms with Gasteiger partial charge in [0.1, 0.15) is 11.0 Å². The van der Waals surface area contributed by atoms with Crippen LogP contribution in [0.1, 0.15) is 28.9 Å². The van der Waals surface area contributed by atoms with Gasteiger partial charge in [-0.3, -0.25) is 4.79 Å². The molecule has 21 heavy (non-hydrogen) atoms. The van der Waals surface area contributed by atoms with Gasteiger partial charge in [-0.1, -0.05) is 0 Å². The minimum atomic E-state index is -0.933. The molecule has 0 radical (unpaired) electrons. The second-order valence-corrected chi connectivity index (χ2v) is 6.10. The Bertz CT molecular complexity index is 688. The number of amides is 1. The molecule has 1 aromatic heterocycles. The molecule has 1 atom stereocenters. The minimum absolute atomic E-state index is 0.136. The Hall–Kier alpha value is -1.92. The van der Waals surface area contributed by atoms with Gasteiger partial charge in [-0.25, -0.2) is 4.79 Å². The highest BCUT2D eigenvalue weighted by atomic mass is 32.1. The molecule has 110 valence electrons. The van der Waals surface area contributed by atoms with Crippen molar-refractivity contribution in [3.8, 4) is 0 Å². The molecule has 1 fully saturated rings. The van der Waals surface area contributed by atoms with E-state index >= 15 is 0 Å². The highest BCUT2D eigenvalue weighted by molar-refractivity contribution is 7.20. The van der Waals surface area contributed by atoms with Gasteiger partial charge in [0.05, 0.1) is 0 Å². The van der Waals surface area contributed by atoms with E-state index in [0.29, 0.717) is 17.2 Å². The fourth-order valence-electron chi connectivity index (χ4n) is 2.40. The Morgan fingerprint density at radius 1 is 1.29 bits per heavy atom. The molecule has 2 aromatic rings. The number of anilines is 1. The number of carboxylic acids is 1. The second-order valence-electron chi connectivity index (χ2n) is 5.01. The molecule has 1 unspecified atom stereocenters. The van der Waals surface area contributed by atoms with Gasteiger partial charge in [-0.05, 0) is 48.9 Å². The molecule has 1 aromatic carbocycles. The van der Waals surface area contributed by atoms with Crippen molar-refractivity contribution in [2.24, 2.45) is 0 Å². The zero-order chi connectivity index (χ0) is 14.8. The SMILES string of the molecule is O=C(O)c1cc2cc(NC(=O)C3CCCCO3)ccc2s1. The van der Waals surface area contributed by atoms with Crippen LogP contribution in [0.25, 0.3) is 10.1 Å². The number of carbonyl (C=O) groups excluding carboxylic acids is 1. The number of thiophene rings is 1. The molecule has 0 spiro atoms. The van der Waals surface area contributed by atoms with Crippen LogP contribution in [0.2, 0.25) is 0 Å². The number of nitrogens with one attached hydrogen (secondary N) is 1. The van der Waals surface area contributed by atoms with Crippen molar-refractivity contribution in [1.82, 2.24) is 0 Å². The van der Waals surface area contributed by atoms with Crippen LogP contribution in [-0.4, -0.2) is 29.7 Å². The maximum Gasteiger partial charge on any atom is 0.345 e. The first-order valence-corrected chi connectivity index (χ1v) is 7.64. The van der Waals surface area contributed by atoms with E-state index in [-0.39, 0.29) is 12.0 Å². The van der Waals surface area contributed by atoms with Crippen LogP contribution in [0, 0.1) is 0 Å². The molecule has 2 N–H and O–H groups in total. The average molecular weight is 305 g/mol. The molecule has 0 saturated carbocycles. The third-order valence-corrected chi connectivity index (χ3v) is 4.57. The van der Waals surface area contributed by atoms with Crippen molar-refractivity contribution in [1.29, 1.82) is 0 Å². The minimum Gasteiger partial charge on any atom is -0.477 e. The van der Waals surface area contributed by atoms with E-state index < -0.39 is 5.97 Å². The summed E-state index contributed by atoms with van der Waals surface area (Å²) >= 11 is 1.22. The first-order chi connectivity index (χ1) is 10.1. The van der Waals surface area contributed by atoms with E-state index in [9.17, 15) is 9.59 Å². The smallest absolute Gasteiger partial charge is 0.345 e. The zero-order valence-corrected chi connectivity index (χ0v) is 12.1. The first-order valence-electron chi connectivity index (χ1n) is 6.83. The molecule has 5 nitrogen and oxygen atoms in total. The van der Waals surface area contributed by atoms with Crippen LogP contribution in [0.4, 0.5) is 5.69 Å². The van der Waals surface area contributed by atoms with Gasteiger partial charge < -0.3 is 15.2 Å². The van der Waals surface area contributed by atoms with E-state index in [0.717, 1.165) is 29.3 Å². The highest BCUT2D eigenvalue weighted by Crippen LogP contribution is 2.28. The number of hydrogen-bond acceptors (Lipinski definition) is 4. The number of carboxylic acid groups (broad SMARTS) is 1. The molecular formula is C15H15NO4S. The molecule has 2 heterocycles. The van der Waals surface area contributed by atoms with Gasteiger partial charge in [0.25, 0.3) is 5.91 Å². The van der Waals surface area contributed by atoms with Crippen molar-refractivity contribution in [3.05, 3.63) is 29.1 Å². The lowest BCUT2D eigenvalue weighted by molar-refractivity contribution is -0.129. The number of ether oxygens (including phenoxy) is 1. The number of benzene rings is 1. The van der Waals surface area contributed by atoms with Gasteiger partial charge in [0.15, 0.2) is 0 Å². The van der Waals surface area contributed by atoms with Crippen molar-refractivity contribution in [3.63, 3.8) is 0 Å². The van der Waals surface area contributed by atoms with E-state index in [4.69, 9.17) is 9.84 Å². The van der Waals surface area contributed by atoms with Gasteiger partial charge >= 0.3 is 5.97 Å². The molecule has 3 rings (SSSR count). The van der Waals surface area contributed by atoms with Crippen molar-refractivity contribution in [2.75, 3.05) is 11.9 Å². The van der Waals surface area contributed by atoms with Gasteiger partial charge in [-0.2, -0.15) is 0 Å². The monoisotopic (exact) mass is 305 g/mol. The normalized spacial score (nSPS) is 18.6. The van der Waals surface area contributed by atoms with Crippen molar-refractivity contribution >= 4 is 39.0 Å². The molecule has 1 saturated heterocycles. The van der Waals surface area contributed by atoms with Gasteiger partial charge in [0.2, 0.25) is 0 Å². The van der Waals surface area contributed by atoms with Crippen LogP contribution in [0.3, 0.4) is 0 Å². The highest BCUT2D eigenvalue weighted by Gasteiger charge is 2.22. The lowest BCUT2D eigenvalue weighted by Gasteiger charge is -2.21. The molecule has 1 amide bonds. The van der Waals surface area contributed by atoms with Gasteiger partial charge in [-0.15, -0.1) is 11.3 Å². The number of aromatic carboxylic acids is 1. The standard InChI is InChI=1S/C15H15NO4S/c17-14(11-3-1-2-6-20-11)16-10-4-5-12-9(7-10)8-13(21-12)15(18)19/h4-5,7-8,11H,1-3,6H2,(H,16,17)(H,18,19). The number of hydrogen-bond donors (Lipinski definition) is 2. The van der Waals surface area contributed by atoms with Crippen molar-refractivity contribution in [2.45, 2.75) is 25.4 Å². The number of carbonyl (C=O) groups is 2. The largest absolute Gasteiger partial charge is 0.477 e. The lowest BCUT2D eigenvalue weighted by Crippen LogP contribution is -2.33. The van der Waals surface area contributed by atoms with Crippen LogP contribution >= 0.6 is 11.3 Å². The predicted octanol–water partition coefficient (Wildman–Crippen LogP) is 3.11. The second kappa shape index (κ2) is 5.83. The third-order valence-electron chi connectivity index (χ3n) is 3.47.